The number of halogens is 3. The first-order valence-electron chi connectivity index (χ1n) is 6.65. The number of rotatable bonds is 2. The van der Waals surface area contributed by atoms with Gasteiger partial charge in [-0.2, -0.15) is 23.5 Å². The van der Waals surface area contributed by atoms with Crippen molar-refractivity contribution >= 4 is 0 Å². The third kappa shape index (κ3) is 2.51. The van der Waals surface area contributed by atoms with Crippen LogP contribution in [0.5, 0.6) is 0 Å². The number of hydrogen-bond donors (Lipinski definition) is 0. The van der Waals surface area contributed by atoms with E-state index in [-0.39, 0.29) is 11.1 Å². The largest absolute Gasteiger partial charge is 0.416 e. The van der Waals surface area contributed by atoms with Crippen molar-refractivity contribution in [2.24, 2.45) is 0 Å². The summed E-state index contributed by atoms with van der Waals surface area (Å²) in [6.07, 6.45) is 2.04. The predicted octanol–water partition coefficient (Wildman–Crippen LogP) is 4.17. The molecule has 0 unspecified atom stereocenters. The Morgan fingerprint density at radius 2 is 2.05 bits per heavy atom. The first kappa shape index (κ1) is 13.7. The molecule has 1 saturated carbocycles. The molecule has 0 amide bonds. The first-order valence-corrected chi connectivity index (χ1v) is 6.65. The molecule has 0 atom stereocenters. The van der Waals surface area contributed by atoms with Gasteiger partial charge < -0.3 is 0 Å². The van der Waals surface area contributed by atoms with Crippen LogP contribution in [0.1, 0.15) is 36.4 Å². The van der Waals surface area contributed by atoms with Crippen LogP contribution in [0.25, 0.3) is 11.1 Å². The van der Waals surface area contributed by atoms with E-state index in [0.717, 1.165) is 31.4 Å². The molecule has 108 valence electrons. The smallest absolute Gasteiger partial charge is 0.269 e. The Morgan fingerprint density at radius 1 is 1.29 bits per heavy atom. The van der Waals surface area contributed by atoms with Gasteiger partial charge in [0, 0.05) is 17.3 Å². The molecule has 1 aromatic heterocycles. The van der Waals surface area contributed by atoms with Gasteiger partial charge in [-0.05, 0) is 37.5 Å². The molecule has 1 fully saturated rings. The lowest BCUT2D eigenvalue weighted by Gasteiger charge is -2.25. The van der Waals surface area contributed by atoms with Crippen LogP contribution in [-0.2, 0) is 6.18 Å². The maximum absolute atomic E-state index is 12.8. The van der Waals surface area contributed by atoms with Gasteiger partial charge in [0.25, 0.3) is 0 Å². The molecule has 0 saturated heterocycles. The Balaban J connectivity index is 2.03. The maximum Gasteiger partial charge on any atom is 0.416 e. The normalized spacial score (nSPS) is 15.5. The van der Waals surface area contributed by atoms with Crippen LogP contribution < -0.4 is 0 Å². The van der Waals surface area contributed by atoms with Gasteiger partial charge in [0.15, 0.2) is 0 Å². The molecule has 0 spiro atoms. The van der Waals surface area contributed by atoms with E-state index in [1.807, 2.05) is 6.07 Å². The lowest BCUT2D eigenvalue weighted by molar-refractivity contribution is -0.137. The van der Waals surface area contributed by atoms with E-state index in [9.17, 15) is 13.2 Å². The van der Waals surface area contributed by atoms with E-state index in [1.54, 1.807) is 10.9 Å². The van der Waals surface area contributed by atoms with E-state index in [1.165, 1.54) is 12.3 Å². The molecule has 1 aliphatic carbocycles. The third-order valence-corrected chi connectivity index (χ3v) is 3.83. The fourth-order valence-electron chi connectivity index (χ4n) is 2.38. The number of benzene rings is 1. The molecule has 0 bridgehead atoms. The number of alkyl halides is 3. The molecule has 1 aliphatic rings. The molecule has 3 nitrogen and oxygen atoms in total. The first-order chi connectivity index (χ1) is 9.99. The minimum atomic E-state index is -4.42. The summed E-state index contributed by atoms with van der Waals surface area (Å²) >= 11 is 0. The SMILES string of the molecule is N#Cc1ccc(C(F)(F)F)cc1-c1cnn(C2CCC2)c1. The highest BCUT2D eigenvalue weighted by atomic mass is 19.4. The van der Waals surface area contributed by atoms with Crippen LogP contribution in [0.2, 0.25) is 0 Å². The highest BCUT2D eigenvalue weighted by Crippen LogP contribution is 2.35. The Hall–Kier alpha value is -2.29. The number of aromatic nitrogens is 2. The van der Waals surface area contributed by atoms with Crippen LogP contribution in [0.3, 0.4) is 0 Å². The van der Waals surface area contributed by atoms with E-state index in [2.05, 4.69) is 5.10 Å². The quantitative estimate of drug-likeness (QED) is 0.833. The van der Waals surface area contributed by atoms with E-state index in [0.29, 0.717) is 11.6 Å². The van der Waals surface area contributed by atoms with Crippen LogP contribution in [0.4, 0.5) is 13.2 Å². The zero-order valence-electron chi connectivity index (χ0n) is 11.1. The zero-order valence-corrected chi connectivity index (χ0v) is 11.1. The molecule has 0 aliphatic heterocycles. The molecule has 0 radical (unpaired) electrons. The molecule has 21 heavy (non-hydrogen) atoms. The fraction of sp³-hybridized carbons (Fsp3) is 0.333. The van der Waals surface area contributed by atoms with Crippen molar-refractivity contribution < 1.29 is 13.2 Å². The Kier molecular flexibility index (Phi) is 3.20. The number of nitrogens with zero attached hydrogens (tertiary/aromatic N) is 3. The van der Waals surface area contributed by atoms with Crippen molar-refractivity contribution in [2.75, 3.05) is 0 Å². The van der Waals surface area contributed by atoms with E-state index >= 15 is 0 Å². The van der Waals surface area contributed by atoms with Gasteiger partial charge in [0.05, 0.1) is 29.4 Å². The van der Waals surface area contributed by atoms with Gasteiger partial charge >= 0.3 is 6.18 Å². The average Bonchev–Trinajstić information content (AvgIpc) is 2.84. The van der Waals surface area contributed by atoms with Gasteiger partial charge in [-0.25, -0.2) is 0 Å². The lowest BCUT2D eigenvalue weighted by Crippen LogP contribution is -2.16. The van der Waals surface area contributed by atoms with Gasteiger partial charge in [-0.1, -0.05) is 0 Å². The van der Waals surface area contributed by atoms with Crippen molar-refractivity contribution in [3.8, 4) is 17.2 Å². The average molecular weight is 291 g/mol. The Labute approximate surface area is 119 Å². The molecular formula is C15H12F3N3. The minimum Gasteiger partial charge on any atom is -0.269 e. The number of nitriles is 1. The maximum atomic E-state index is 12.8. The van der Waals surface area contributed by atoms with Crippen LogP contribution in [0.15, 0.2) is 30.6 Å². The van der Waals surface area contributed by atoms with Gasteiger partial charge in [0.1, 0.15) is 0 Å². The summed E-state index contributed by atoms with van der Waals surface area (Å²) in [6.45, 7) is 0. The summed E-state index contributed by atoms with van der Waals surface area (Å²) in [6, 6.07) is 5.41. The lowest BCUT2D eigenvalue weighted by atomic mass is 9.93. The highest BCUT2D eigenvalue weighted by molar-refractivity contribution is 5.70. The number of hydrogen-bond acceptors (Lipinski definition) is 2. The van der Waals surface area contributed by atoms with E-state index in [4.69, 9.17) is 5.26 Å². The summed E-state index contributed by atoms with van der Waals surface area (Å²) in [4.78, 5) is 0. The summed E-state index contributed by atoms with van der Waals surface area (Å²) in [7, 11) is 0. The molecule has 1 aromatic carbocycles. The summed E-state index contributed by atoms with van der Waals surface area (Å²) in [5.74, 6) is 0. The fourth-order valence-corrected chi connectivity index (χ4v) is 2.38. The minimum absolute atomic E-state index is 0.219. The Bertz CT molecular complexity index is 706. The van der Waals surface area contributed by atoms with Crippen molar-refractivity contribution in [1.82, 2.24) is 9.78 Å². The third-order valence-electron chi connectivity index (χ3n) is 3.83. The second-order valence-corrected chi connectivity index (χ2v) is 5.16. The second kappa shape index (κ2) is 4.92. The van der Waals surface area contributed by atoms with E-state index < -0.39 is 11.7 Å². The molecule has 6 heteroatoms. The van der Waals surface area contributed by atoms with Crippen LogP contribution in [0, 0.1) is 11.3 Å². The second-order valence-electron chi connectivity index (χ2n) is 5.16. The highest BCUT2D eigenvalue weighted by Gasteiger charge is 2.31. The van der Waals surface area contributed by atoms with Gasteiger partial charge in [-0.15, -0.1) is 0 Å². The van der Waals surface area contributed by atoms with Crippen LogP contribution >= 0.6 is 0 Å². The van der Waals surface area contributed by atoms with Crippen LogP contribution in [-0.4, -0.2) is 9.78 Å². The monoisotopic (exact) mass is 291 g/mol. The van der Waals surface area contributed by atoms with Crippen molar-refractivity contribution in [1.29, 1.82) is 5.26 Å². The molecule has 3 rings (SSSR count). The predicted molar refractivity (Wildman–Crippen MR) is 70.3 cm³/mol. The summed E-state index contributed by atoms with van der Waals surface area (Å²) in [5, 5.41) is 13.3. The van der Waals surface area contributed by atoms with Crippen molar-refractivity contribution in [2.45, 2.75) is 31.5 Å². The summed E-state index contributed by atoms with van der Waals surface area (Å²) in [5.41, 5.74) is 0.284. The van der Waals surface area contributed by atoms with Gasteiger partial charge in [-0.3, -0.25) is 4.68 Å². The summed E-state index contributed by atoms with van der Waals surface area (Å²) < 4.78 is 40.2. The molecular weight excluding hydrogens is 279 g/mol. The Morgan fingerprint density at radius 3 is 2.62 bits per heavy atom. The van der Waals surface area contributed by atoms with Crippen molar-refractivity contribution in [3.05, 3.63) is 41.7 Å². The van der Waals surface area contributed by atoms with Crippen molar-refractivity contribution in [3.63, 3.8) is 0 Å². The molecule has 1 heterocycles. The zero-order chi connectivity index (χ0) is 15.0. The topological polar surface area (TPSA) is 41.6 Å². The standard InChI is InChI=1S/C15H12F3N3/c16-15(17,18)12-5-4-10(7-19)14(6-12)11-8-20-21(9-11)13-2-1-3-13/h4-6,8-9,13H,1-3H2. The molecule has 0 N–H and O–H groups in total. The molecule has 2 aromatic rings. The van der Waals surface area contributed by atoms with Gasteiger partial charge in [0.2, 0.25) is 0 Å².